The van der Waals surface area contributed by atoms with E-state index in [0.717, 1.165) is 38.8 Å². The van der Waals surface area contributed by atoms with Crippen LogP contribution in [-0.2, 0) is 16.6 Å². The average molecular weight is 307 g/mol. The van der Waals surface area contributed by atoms with Gasteiger partial charge < -0.3 is 10.6 Å². The fraction of sp³-hybridized carbons (Fsp3) is 0.588. The van der Waals surface area contributed by atoms with Crippen LogP contribution in [0.5, 0.6) is 0 Å². The van der Waals surface area contributed by atoms with Gasteiger partial charge in [-0.3, -0.25) is 4.79 Å². The lowest BCUT2D eigenvalue weighted by atomic mass is 9.95. The summed E-state index contributed by atoms with van der Waals surface area (Å²) in [5, 5.41) is 0. The first-order valence-corrected chi connectivity index (χ1v) is 7.82. The van der Waals surface area contributed by atoms with Gasteiger partial charge in [-0.1, -0.05) is 24.3 Å². The Kier molecular flexibility index (Phi) is 3.74. The second-order valence-corrected chi connectivity index (χ2v) is 6.74. The van der Waals surface area contributed by atoms with E-state index < -0.39 is 0 Å². The molecule has 1 aromatic carbocycles. The second kappa shape index (κ2) is 5.29. The number of carbonyl (C=O) groups excluding carboxylic acids is 1. The molecule has 3 atom stereocenters. The van der Waals surface area contributed by atoms with Crippen molar-refractivity contribution >= 4 is 18.3 Å². The van der Waals surface area contributed by atoms with Crippen LogP contribution in [0.1, 0.15) is 30.4 Å². The van der Waals surface area contributed by atoms with Crippen LogP contribution in [-0.4, -0.2) is 30.4 Å². The first-order valence-electron chi connectivity index (χ1n) is 7.82. The molecule has 2 N–H and O–H groups in total. The minimum Gasteiger partial charge on any atom is -0.342 e. The molecule has 1 aliphatic heterocycles. The highest BCUT2D eigenvalue weighted by Crippen LogP contribution is 2.62. The zero-order chi connectivity index (χ0) is 13.7. The van der Waals surface area contributed by atoms with Crippen molar-refractivity contribution in [2.45, 2.75) is 31.1 Å². The molecule has 1 saturated heterocycles. The molecule has 2 aliphatic carbocycles. The van der Waals surface area contributed by atoms with Gasteiger partial charge in [-0.15, -0.1) is 12.4 Å². The fourth-order valence-electron chi connectivity index (χ4n) is 4.36. The Balaban J connectivity index is 0.00000132. The Morgan fingerprint density at radius 1 is 1.38 bits per heavy atom. The summed E-state index contributed by atoms with van der Waals surface area (Å²) in [6.07, 6.45) is 4.45. The number of hydrogen-bond donors (Lipinski definition) is 1. The lowest BCUT2D eigenvalue weighted by molar-refractivity contribution is -0.132. The summed E-state index contributed by atoms with van der Waals surface area (Å²) in [5.41, 5.74) is 8.83. The molecule has 0 aromatic heterocycles. The average Bonchev–Trinajstić information content (AvgIpc) is 2.84. The van der Waals surface area contributed by atoms with E-state index in [2.05, 4.69) is 29.2 Å². The van der Waals surface area contributed by atoms with Crippen molar-refractivity contribution < 1.29 is 4.79 Å². The van der Waals surface area contributed by atoms with Gasteiger partial charge in [-0.2, -0.15) is 0 Å². The van der Waals surface area contributed by atoms with Gasteiger partial charge in [0.25, 0.3) is 0 Å². The third-order valence-electron chi connectivity index (χ3n) is 5.70. The minimum atomic E-state index is 0. The molecule has 4 heteroatoms. The van der Waals surface area contributed by atoms with Crippen molar-refractivity contribution in [1.29, 1.82) is 0 Å². The number of halogens is 1. The predicted octanol–water partition coefficient (Wildman–Crippen LogP) is 2.12. The van der Waals surface area contributed by atoms with Crippen LogP contribution in [0, 0.1) is 11.8 Å². The number of aryl methyl sites for hydroxylation is 1. The van der Waals surface area contributed by atoms with E-state index in [1.165, 1.54) is 11.1 Å². The van der Waals surface area contributed by atoms with E-state index in [9.17, 15) is 4.79 Å². The maximum absolute atomic E-state index is 12.7. The molecular weight excluding hydrogens is 284 g/mol. The maximum atomic E-state index is 12.7. The monoisotopic (exact) mass is 306 g/mol. The first kappa shape index (κ1) is 14.9. The molecule has 0 radical (unpaired) electrons. The normalized spacial score (nSPS) is 32.9. The van der Waals surface area contributed by atoms with Gasteiger partial charge in [-0.25, -0.2) is 0 Å². The fourth-order valence-corrected chi connectivity index (χ4v) is 4.36. The molecule has 3 aliphatic rings. The number of hydrogen-bond acceptors (Lipinski definition) is 2. The zero-order valence-corrected chi connectivity index (χ0v) is 13.1. The number of likely N-dealkylation sites (tertiary alicyclic amines) is 1. The highest BCUT2D eigenvalue weighted by atomic mass is 35.5. The Morgan fingerprint density at radius 3 is 2.95 bits per heavy atom. The highest BCUT2D eigenvalue weighted by Gasteiger charge is 2.62. The minimum absolute atomic E-state index is 0. The zero-order valence-electron chi connectivity index (χ0n) is 12.3. The van der Waals surface area contributed by atoms with Gasteiger partial charge in [0.05, 0.1) is 0 Å². The number of nitrogens with zero attached hydrogens (tertiary/aromatic N) is 1. The molecule has 3 nitrogen and oxygen atoms in total. The predicted molar refractivity (Wildman–Crippen MR) is 85.5 cm³/mol. The quantitative estimate of drug-likeness (QED) is 0.910. The van der Waals surface area contributed by atoms with Crippen molar-refractivity contribution in [3.8, 4) is 0 Å². The third-order valence-corrected chi connectivity index (χ3v) is 5.70. The lowest BCUT2D eigenvalue weighted by Crippen LogP contribution is -2.33. The van der Waals surface area contributed by atoms with Crippen LogP contribution < -0.4 is 5.73 Å². The van der Waals surface area contributed by atoms with E-state index >= 15 is 0 Å². The molecule has 4 rings (SSSR count). The topological polar surface area (TPSA) is 46.3 Å². The smallest absolute Gasteiger partial charge is 0.226 e. The van der Waals surface area contributed by atoms with E-state index in [4.69, 9.17) is 5.73 Å². The summed E-state index contributed by atoms with van der Waals surface area (Å²) in [6, 6.07) is 8.70. The van der Waals surface area contributed by atoms with Gasteiger partial charge in [-0.05, 0) is 49.3 Å². The first-order chi connectivity index (χ1) is 9.74. The van der Waals surface area contributed by atoms with E-state index in [1.807, 2.05) is 0 Å². The van der Waals surface area contributed by atoms with E-state index in [0.29, 0.717) is 18.4 Å². The number of amides is 1. The number of benzene rings is 1. The Morgan fingerprint density at radius 2 is 2.19 bits per heavy atom. The van der Waals surface area contributed by atoms with Crippen molar-refractivity contribution in [3.63, 3.8) is 0 Å². The highest BCUT2D eigenvalue weighted by molar-refractivity contribution is 5.85. The molecule has 114 valence electrons. The van der Waals surface area contributed by atoms with Crippen molar-refractivity contribution in [1.82, 2.24) is 4.90 Å². The molecule has 1 aromatic rings. The number of carbonyl (C=O) groups is 1. The summed E-state index contributed by atoms with van der Waals surface area (Å²) >= 11 is 0. The standard InChI is InChI=1S/C17H22N2O.ClH/c18-10-12-6-8-19(11-12)16(20)15-9-17(15)7-5-13-3-1-2-4-14(13)17;/h1-4,12,15H,5-11,18H2;1H. The van der Waals surface area contributed by atoms with Crippen LogP contribution in [0.3, 0.4) is 0 Å². The summed E-state index contributed by atoms with van der Waals surface area (Å²) in [7, 11) is 0. The van der Waals surface area contributed by atoms with Gasteiger partial charge in [0.1, 0.15) is 0 Å². The van der Waals surface area contributed by atoms with Crippen LogP contribution in [0.4, 0.5) is 0 Å². The number of rotatable bonds is 2. The van der Waals surface area contributed by atoms with Crippen molar-refractivity contribution in [3.05, 3.63) is 35.4 Å². The van der Waals surface area contributed by atoms with Gasteiger partial charge in [0.2, 0.25) is 5.91 Å². The van der Waals surface area contributed by atoms with Crippen LogP contribution in [0.15, 0.2) is 24.3 Å². The van der Waals surface area contributed by atoms with Gasteiger partial charge >= 0.3 is 0 Å². The molecule has 0 bridgehead atoms. The molecule has 1 heterocycles. The third kappa shape index (κ3) is 2.18. The Labute approximate surface area is 132 Å². The van der Waals surface area contributed by atoms with Gasteiger partial charge in [0, 0.05) is 24.4 Å². The molecular formula is C17H23ClN2O. The van der Waals surface area contributed by atoms with Crippen molar-refractivity contribution in [2.24, 2.45) is 17.6 Å². The summed E-state index contributed by atoms with van der Waals surface area (Å²) in [4.78, 5) is 14.8. The largest absolute Gasteiger partial charge is 0.342 e. The molecule has 1 saturated carbocycles. The SMILES string of the molecule is Cl.NCC1CCN(C(=O)C2CC23CCc2ccccc23)C1. The van der Waals surface area contributed by atoms with E-state index in [1.54, 1.807) is 0 Å². The molecule has 3 unspecified atom stereocenters. The molecule has 2 fully saturated rings. The van der Waals surface area contributed by atoms with E-state index in [-0.39, 0.29) is 23.7 Å². The maximum Gasteiger partial charge on any atom is 0.226 e. The summed E-state index contributed by atoms with van der Waals surface area (Å²) in [5.74, 6) is 1.14. The Hall–Kier alpha value is -1.06. The number of fused-ring (bicyclic) bond motifs is 2. The molecule has 21 heavy (non-hydrogen) atoms. The summed E-state index contributed by atoms with van der Waals surface area (Å²) < 4.78 is 0. The van der Waals surface area contributed by atoms with Crippen LogP contribution >= 0.6 is 12.4 Å². The molecule has 1 spiro atoms. The Bertz CT molecular complexity index is 561. The van der Waals surface area contributed by atoms with Gasteiger partial charge in [0.15, 0.2) is 0 Å². The van der Waals surface area contributed by atoms with Crippen LogP contribution in [0.25, 0.3) is 0 Å². The summed E-state index contributed by atoms with van der Waals surface area (Å²) in [6.45, 7) is 2.50. The number of nitrogens with two attached hydrogens (primary N) is 1. The molecule has 1 amide bonds. The van der Waals surface area contributed by atoms with Crippen molar-refractivity contribution in [2.75, 3.05) is 19.6 Å². The second-order valence-electron chi connectivity index (χ2n) is 6.74. The lowest BCUT2D eigenvalue weighted by Gasteiger charge is -2.19. The van der Waals surface area contributed by atoms with Crippen LogP contribution in [0.2, 0.25) is 0 Å².